The van der Waals surface area contributed by atoms with Crippen LogP contribution >= 0.6 is 0 Å². The van der Waals surface area contributed by atoms with Crippen LogP contribution in [0.4, 0.5) is 0 Å². The van der Waals surface area contributed by atoms with Crippen molar-refractivity contribution in [2.75, 3.05) is 7.11 Å². The van der Waals surface area contributed by atoms with Crippen LogP contribution in [-0.2, 0) is 9.53 Å². The van der Waals surface area contributed by atoms with Crippen molar-refractivity contribution in [1.82, 2.24) is 0 Å². The highest BCUT2D eigenvalue weighted by atomic mass is 16.5. The molecule has 0 radical (unpaired) electrons. The van der Waals surface area contributed by atoms with Gasteiger partial charge in [0.25, 0.3) is 0 Å². The number of carbonyl (C=O) groups excluding carboxylic acids is 1. The summed E-state index contributed by atoms with van der Waals surface area (Å²) in [5.41, 5.74) is -0.431. The molecule has 0 aliphatic heterocycles. The molecule has 2 rings (SSSR count). The predicted molar refractivity (Wildman–Crippen MR) is 69.0 cm³/mol. The minimum absolute atomic E-state index is 0.286. The fourth-order valence-electron chi connectivity index (χ4n) is 3.75. The first-order valence-electron chi connectivity index (χ1n) is 7.27. The van der Waals surface area contributed by atoms with E-state index >= 15 is 0 Å². The summed E-state index contributed by atoms with van der Waals surface area (Å²) < 4.78 is 5.71. The van der Waals surface area contributed by atoms with Gasteiger partial charge in [0.2, 0.25) is 0 Å². The molecule has 2 heteroatoms. The van der Waals surface area contributed by atoms with Gasteiger partial charge in [-0.05, 0) is 38.0 Å². The van der Waals surface area contributed by atoms with Gasteiger partial charge in [-0.15, -0.1) is 0 Å². The maximum atomic E-state index is 12.7. The first kappa shape index (κ1) is 13.1. The summed E-state index contributed by atoms with van der Waals surface area (Å²) >= 11 is 0. The van der Waals surface area contributed by atoms with Crippen molar-refractivity contribution >= 4 is 5.78 Å². The third-order valence-corrected chi connectivity index (χ3v) is 4.77. The van der Waals surface area contributed by atoms with Crippen LogP contribution in [-0.4, -0.2) is 18.5 Å². The zero-order chi connectivity index (χ0) is 12.3. The largest absolute Gasteiger partial charge is 0.370 e. The highest BCUT2D eigenvalue weighted by molar-refractivity contribution is 5.89. The van der Waals surface area contributed by atoms with Crippen LogP contribution in [0.2, 0.25) is 0 Å². The van der Waals surface area contributed by atoms with E-state index in [9.17, 15) is 4.79 Å². The molecule has 0 N–H and O–H groups in total. The van der Waals surface area contributed by atoms with E-state index in [4.69, 9.17) is 4.74 Å². The smallest absolute Gasteiger partial charge is 0.167 e. The number of hydrogen-bond donors (Lipinski definition) is 0. The molecule has 2 atom stereocenters. The predicted octanol–water partition coefficient (Wildman–Crippen LogP) is 3.73. The van der Waals surface area contributed by atoms with Gasteiger partial charge in [0, 0.05) is 13.0 Å². The lowest BCUT2D eigenvalue weighted by Gasteiger charge is -2.40. The van der Waals surface area contributed by atoms with Gasteiger partial charge in [-0.25, -0.2) is 0 Å². The highest BCUT2D eigenvalue weighted by Gasteiger charge is 2.44. The van der Waals surface area contributed by atoms with E-state index in [1.165, 1.54) is 25.7 Å². The van der Waals surface area contributed by atoms with Crippen LogP contribution in [0, 0.1) is 11.8 Å². The van der Waals surface area contributed by atoms with E-state index in [-0.39, 0.29) is 5.92 Å². The van der Waals surface area contributed by atoms with E-state index in [0.717, 1.165) is 32.1 Å². The summed E-state index contributed by atoms with van der Waals surface area (Å²) in [5, 5.41) is 0. The number of ketones is 1. The summed E-state index contributed by atoms with van der Waals surface area (Å²) in [6.07, 6.45) is 10.2. The van der Waals surface area contributed by atoms with Gasteiger partial charge in [-0.1, -0.05) is 32.6 Å². The molecule has 0 amide bonds. The van der Waals surface area contributed by atoms with Crippen LogP contribution in [0.3, 0.4) is 0 Å². The molecule has 2 nitrogen and oxygen atoms in total. The molecule has 2 saturated carbocycles. The van der Waals surface area contributed by atoms with Gasteiger partial charge in [-0.2, -0.15) is 0 Å². The monoisotopic (exact) mass is 238 g/mol. The quantitative estimate of drug-likeness (QED) is 0.749. The van der Waals surface area contributed by atoms with Gasteiger partial charge < -0.3 is 4.74 Å². The Morgan fingerprint density at radius 3 is 2.41 bits per heavy atom. The van der Waals surface area contributed by atoms with Gasteiger partial charge in [0.15, 0.2) is 5.78 Å². The Bertz CT molecular complexity index is 268. The highest BCUT2D eigenvalue weighted by Crippen LogP contribution is 2.39. The van der Waals surface area contributed by atoms with Gasteiger partial charge in [-0.3, -0.25) is 4.79 Å². The lowest BCUT2D eigenvalue weighted by atomic mass is 9.71. The Kier molecular flexibility index (Phi) is 4.24. The third-order valence-electron chi connectivity index (χ3n) is 4.77. The average Bonchev–Trinajstić information content (AvgIpc) is 2.38. The third kappa shape index (κ3) is 2.73. The van der Waals surface area contributed by atoms with Gasteiger partial charge >= 0.3 is 0 Å². The summed E-state index contributed by atoms with van der Waals surface area (Å²) in [6.45, 7) is 2.25. The number of Topliss-reactive ketones (excluding diaryl/α,β-unsaturated/α-hetero) is 1. The van der Waals surface area contributed by atoms with Crippen molar-refractivity contribution < 1.29 is 9.53 Å². The fraction of sp³-hybridized carbons (Fsp3) is 0.933. The molecule has 0 aromatic rings. The molecule has 0 saturated heterocycles. The standard InChI is InChI=1S/C15H26O2/c1-12-7-6-10-15(11-12,17-2)14(16)13-8-4-3-5-9-13/h12-13H,3-11H2,1-2H3. The Hall–Kier alpha value is -0.370. The lowest BCUT2D eigenvalue weighted by Crippen LogP contribution is -2.48. The number of hydrogen-bond acceptors (Lipinski definition) is 2. The van der Waals surface area contributed by atoms with E-state index in [1.807, 2.05) is 0 Å². The average molecular weight is 238 g/mol. The summed E-state index contributed by atoms with van der Waals surface area (Å²) in [5.74, 6) is 1.34. The Morgan fingerprint density at radius 1 is 1.12 bits per heavy atom. The molecule has 2 unspecified atom stereocenters. The van der Waals surface area contributed by atoms with Gasteiger partial charge in [0.05, 0.1) is 0 Å². The van der Waals surface area contributed by atoms with E-state index < -0.39 is 5.60 Å². The molecule has 0 aromatic heterocycles. The van der Waals surface area contributed by atoms with Crippen LogP contribution < -0.4 is 0 Å². The normalized spacial score (nSPS) is 35.8. The molecule has 0 spiro atoms. The fourth-order valence-corrected chi connectivity index (χ4v) is 3.75. The van der Waals surface area contributed by atoms with Crippen molar-refractivity contribution in [2.24, 2.45) is 11.8 Å². The molecule has 0 bridgehead atoms. The Labute approximate surface area is 105 Å². The first-order chi connectivity index (χ1) is 8.18. The molecule has 17 heavy (non-hydrogen) atoms. The maximum absolute atomic E-state index is 12.7. The zero-order valence-electron chi connectivity index (χ0n) is 11.3. The minimum Gasteiger partial charge on any atom is -0.370 e. The Balaban J connectivity index is 2.07. The second-order valence-electron chi connectivity index (χ2n) is 6.10. The molecular weight excluding hydrogens is 212 g/mol. The summed E-state index contributed by atoms with van der Waals surface area (Å²) in [7, 11) is 1.73. The molecule has 2 fully saturated rings. The van der Waals surface area contributed by atoms with E-state index in [1.54, 1.807) is 7.11 Å². The topological polar surface area (TPSA) is 26.3 Å². The van der Waals surface area contributed by atoms with E-state index in [2.05, 4.69) is 6.92 Å². The molecule has 98 valence electrons. The molecule has 2 aliphatic carbocycles. The summed E-state index contributed by atoms with van der Waals surface area (Å²) in [6, 6.07) is 0. The first-order valence-corrected chi connectivity index (χ1v) is 7.27. The van der Waals surface area contributed by atoms with Crippen molar-refractivity contribution in [1.29, 1.82) is 0 Å². The van der Waals surface area contributed by atoms with E-state index in [0.29, 0.717) is 11.7 Å². The molecule has 2 aliphatic rings. The molecule has 0 heterocycles. The SMILES string of the molecule is COC1(C(=O)C2CCCCC2)CCCC(C)C1. The van der Waals surface area contributed by atoms with Crippen LogP contribution in [0.15, 0.2) is 0 Å². The lowest BCUT2D eigenvalue weighted by molar-refractivity contribution is -0.152. The van der Waals surface area contributed by atoms with Crippen LogP contribution in [0.25, 0.3) is 0 Å². The van der Waals surface area contributed by atoms with Crippen molar-refractivity contribution in [3.8, 4) is 0 Å². The molecular formula is C15H26O2. The van der Waals surface area contributed by atoms with Gasteiger partial charge in [0.1, 0.15) is 5.60 Å². The molecule has 0 aromatic carbocycles. The maximum Gasteiger partial charge on any atom is 0.167 e. The van der Waals surface area contributed by atoms with Crippen LogP contribution in [0.5, 0.6) is 0 Å². The second kappa shape index (κ2) is 5.51. The number of carbonyl (C=O) groups is 1. The number of rotatable bonds is 3. The summed E-state index contributed by atoms with van der Waals surface area (Å²) in [4.78, 5) is 12.7. The van der Waals surface area contributed by atoms with Crippen molar-refractivity contribution in [3.05, 3.63) is 0 Å². The second-order valence-corrected chi connectivity index (χ2v) is 6.10. The number of ether oxygens (including phenoxy) is 1. The van der Waals surface area contributed by atoms with Crippen molar-refractivity contribution in [2.45, 2.75) is 70.3 Å². The van der Waals surface area contributed by atoms with Crippen molar-refractivity contribution in [3.63, 3.8) is 0 Å². The van der Waals surface area contributed by atoms with Crippen LogP contribution in [0.1, 0.15) is 64.7 Å². The minimum atomic E-state index is -0.431. The zero-order valence-corrected chi connectivity index (χ0v) is 11.3. The number of methoxy groups -OCH3 is 1. The Morgan fingerprint density at radius 2 is 1.82 bits per heavy atom.